The Kier molecular flexibility index (Phi) is 4.56. The first kappa shape index (κ1) is 16.1. The fourth-order valence-corrected chi connectivity index (χ4v) is 2.33. The van der Waals surface area contributed by atoms with Crippen LogP contribution in [0.4, 0.5) is 13.2 Å². The Balaban J connectivity index is 2.61. The molecule has 0 unspecified atom stereocenters. The summed E-state index contributed by atoms with van der Waals surface area (Å²) in [5, 5.41) is 8.89. The zero-order chi connectivity index (χ0) is 16.3. The fourth-order valence-electron chi connectivity index (χ4n) is 2.33. The Bertz CT molecular complexity index is 709. The van der Waals surface area contributed by atoms with Crippen LogP contribution in [0.5, 0.6) is 0 Å². The third-order valence-corrected chi connectivity index (χ3v) is 3.57. The van der Waals surface area contributed by atoms with E-state index in [4.69, 9.17) is 5.26 Å². The van der Waals surface area contributed by atoms with E-state index in [1.54, 1.807) is 6.07 Å². The molecule has 1 nitrogen and oxygen atoms in total. The molecular formula is C18H16F3N. The molecule has 0 fully saturated rings. The van der Waals surface area contributed by atoms with Crippen LogP contribution in [-0.4, -0.2) is 0 Å². The summed E-state index contributed by atoms with van der Waals surface area (Å²) in [6, 6.07) is 13.0. The van der Waals surface area contributed by atoms with E-state index in [1.807, 2.05) is 38.1 Å². The lowest BCUT2D eigenvalue weighted by Gasteiger charge is -2.14. The van der Waals surface area contributed by atoms with Gasteiger partial charge in [0.25, 0.3) is 0 Å². The van der Waals surface area contributed by atoms with Crippen molar-refractivity contribution >= 4 is 0 Å². The van der Waals surface area contributed by atoms with Crippen molar-refractivity contribution in [2.75, 3.05) is 0 Å². The lowest BCUT2D eigenvalue weighted by molar-refractivity contribution is -0.137. The van der Waals surface area contributed by atoms with Gasteiger partial charge in [-0.25, -0.2) is 0 Å². The van der Waals surface area contributed by atoms with Gasteiger partial charge in [-0.2, -0.15) is 18.4 Å². The zero-order valence-corrected chi connectivity index (χ0v) is 12.4. The van der Waals surface area contributed by atoms with Crippen LogP contribution in [0.25, 0.3) is 11.1 Å². The van der Waals surface area contributed by atoms with E-state index in [2.05, 4.69) is 0 Å². The maximum absolute atomic E-state index is 12.9. The second kappa shape index (κ2) is 6.23. The summed E-state index contributed by atoms with van der Waals surface area (Å²) in [5.74, 6) is 0.283. The van der Waals surface area contributed by atoms with Crippen LogP contribution < -0.4 is 0 Å². The molecule has 2 aromatic carbocycles. The van der Waals surface area contributed by atoms with Crippen molar-refractivity contribution in [1.82, 2.24) is 0 Å². The summed E-state index contributed by atoms with van der Waals surface area (Å²) in [4.78, 5) is 0. The first-order valence-electron chi connectivity index (χ1n) is 7.00. The molecule has 2 aromatic rings. The van der Waals surface area contributed by atoms with Gasteiger partial charge < -0.3 is 0 Å². The van der Waals surface area contributed by atoms with Gasteiger partial charge >= 0.3 is 6.18 Å². The lowest BCUT2D eigenvalue weighted by atomic mass is 9.92. The van der Waals surface area contributed by atoms with Crippen molar-refractivity contribution in [2.45, 2.75) is 32.4 Å². The van der Waals surface area contributed by atoms with E-state index in [0.29, 0.717) is 16.7 Å². The van der Waals surface area contributed by atoms with Gasteiger partial charge in [-0.05, 0) is 40.3 Å². The molecule has 0 radical (unpaired) electrons. The molecule has 22 heavy (non-hydrogen) atoms. The summed E-state index contributed by atoms with van der Waals surface area (Å²) in [7, 11) is 0. The van der Waals surface area contributed by atoms with Crippen molar-refractivity contribution in [2.24, 2.45) is 0 Å². The highest BCUT2D eigenvalue weighted by Crippen LogP contribution is 2.35. The molecule has 0 saturated heterocycles. The van der Waals surface area contributed by atoms with Gasteiger partial charge in [-0.1, -0.05) is 44.2 Å². The number of halogens is 3. The summed E-state index contributed by atoms with van der Waals surface area (Å²) in [6.07, 6.45) is -4.31. The molecule has 0 heterocycles. The van der Waals surface area contributed by atoms with Gasteiger partial charge in [0, 0.05) is 0 Å². The third kappa shape index (κ3) is 3.48. The normalized spacial score (nSPS) is 11.5. The maximum atomic E-state index is 12.9. The fraction of sp³-hybridized carbons (Fsp3) is 0.278. The average molecular weight is 303 g/mol. The molecule has 0 N–H and O–H groups in total. The monoisotopic (exact) mass is 303 g/mol. The first-order valence-corrected chi connectivity index (χ1v) is 7.00. The number of hydrogen-bond donors (Lipinski definition) is 0. The van der Waals surface area contributed by atoms with E-state index in [-0.39, 0.29) is 12.3 Å². The molecule has 2 rings (SSSR count). The van der Waals surface area contributed by atoms with Gasteiger partial charge in [-0.15, -0.1) is 0 Å². The predicted molar refractivity (Wildman–Crippen MR) is 80.3 cm³/mol. The molecule has 0 aliphatic carbocycles. The van der Waals surface area contributed by atoms with Gasteiger partial charge in [0.15, 0.2) is 0 Å². The Labute approximate surface area is 128 Å². The van der Waals surface area contributed by atoms with Crippen LogP contribution in [0, 0.1) is 11.3 Å². The number of nitrogens with zero attached hydrogens (tertiary/aromatic N) is 1. The van der Waals surface area contributed by atoms with E-state index in [9.17, 15) is 13.2 Å². The van der Waals surface area contributed by atoms with E-state index < -0.39 is 11.7 Å². The molecule has 0 amide bonds. The minimum atomic E-state index is -4.39. The van der Waals surface area contributed by atoms with E-state index in [0.717, 1.165) is 17.7 Å². The number of nitriles is 1. The third-order valence-electron chi connectivity index (χ3n) is 3.57. The minimum Gasteiger partial charge on any atom is -0.198 e. The Hall–Kier alpha value is -2.28. The van der Waals surface area contributed by atoms with Crippen molar-refractivity contribution in [3.05, 3.63) is 59.2 Å². The van der Waals surface area contributed by atoms with Crippen LogP contribution in [0.2, 0.25) is 0 Å². The highest BCUT2D eigenvalue weighted by molar-refractivity contribution is 5.69. The number of benzene rings is 2. The number of alkyl halides is 3. The second-order valence-electron chi connectivity index (χ2n) is 5.48. The molecule has 0 atom stereocenters. The molecule has 114 valence electrons. The smallest absolute Gasteiger partial charge is 0.198 e. The molecule has 0 spiro atoms. The maximum Gasteiger partial charge on any atom is 0.416 e. The van der Waals surface area contributed by atoms with Gasteiger partial charge in [-0.3, -0.25) is 0 Å². The largest absolute Gasteiger partial charge is 0.416 e. The van der Waals surface area contributed by atoms with Gasteiger partial charge in [0.1, 0.15) is 0 Å². The van der Waals surface area contributed by atoms with Crippen molar-refractivity contribution in [1.29, 1.82) is 5.26 Å². The first-order chi connectivity index (χ1) is 10.3. The predicted octanol–water partition coefficient (Wildman–Crippen LogP) is 5.56. The van der Waals surface area contributed by atoms with Crippen LogP contribution in [0.3, 0.4) is 0 Å². The minimum absolute atomic E-state index is 0.0827. The van der Waals surface area contributed by atoms with Crippen molar-refractivity contribution in [3.63, 3.8) is 0 Å². The molecule has 0 aromatic heterocycles. The molecule has 0 aliphatic rings. The summed E-state index contributed by atoms with van der Waals surface area (Å²) < 4.78 is 38.8. The molecule has 4 heteroatoms. The van der Waals surface area contributed by atoms with E-state index in [1.165, 1.54) is 6.07 Å². The second-order valence-corrected chi connectivity index (χ2v) is 5.48. The Morgan fingerprint density at radius 1 is 1.09 bits per heavy atom. The van der Waals surface area contributed by atoms with Crippen LogP contribution in [0.1, 0.15) is 36.5 Å². The quantitative estimate of drug-likeness (QED) is 0.728. The highest BCUT2D eigenvalue weighted by Gasteiger charge is 2.31. The van der Waals surface area contributed by atoms with Crippen molar-refractivity contribution < 1.29 is 13.2 Å². The number of hydrogen-bond acceptors (Lipinski definition) is 1. The molecule has 0 saturated carbocycles. The summed E-state index contributed by atoms with van der Waals surface area (Å²) >= 11 is 0. The Morgan fingerprint density at radius 3 is 2.41 bits per heavy atom. The Morgan fingerprint density at radius 2 is 1.82 bits per heavy atom. The van der Waals surface area contributed by atoms with Gasteiger partial charge in [0.05, 0.1) is 18.1 Å². The summed E-state index contributed by atoms with van der Waals surface area (Å²) in [6.45, 7) is 4.06. The highest BCUT2D eigenvalue weighted by atomic mass is 19.4. The molecule has 0 bridgehead atoms. The average Bonchev–Trinajstić information content (AvgIpc) is 2.47. The van der Waals surface area contributed by atoms with Crippen LogP contribution >= 0.6 is 0 Å². The number of rotatable bonds is 3. The van der Waals surface area contributed by atoms with Crippen molar-refractivity contribution in [3.8, 4) is 17.2 Å². The molecule has 0 aliphatic heterocycles. The standard InChI is InChI=1S/C18H16F3N/c1-12(2)14-4-3-5-15(10-14)17-11-16(18(19,20)21)7-6-13(17)8-9-22/h3-7,10-12H,8H2,1-2H3. The summed E-state index contributed by atoms with van der Waals surface area (Å²) in [5.41, 5.74) is 2.15. The SMILES string of the molecule is CC(C)c1cccc(-c2cc(C(F)(F)F)ccc2CC#N)c1. The van der Waals surface area contributed by atoms with Gasteiger partial charge in [0.2, 0.25) is 0 Å². The molecular weight excluding hydrogens is 287 g/mol. The topological polar surface area (TPSA) is 23.8 Å². The van der Waals surface area contributed by atoms with Crippen LogP contribution in [-0.2, 0) is 12.6 Å². The van der Waals surface area contributed by atoms with Crippen LogP contribution in [0.15, 0.2) is 42.5 Å². The lowest BCUT2D eigenvalue weighted by Crippen LogP contribution is -2.06. The van der Waals surface area contributed by atoms with E-state index >= 15 is 0 Å². The zero-order valence-electron chi connectivity index (χ0n) is 12.4.